The minimum Gasteiger partial charge on any atom is -0.383 e. The number of anilines is 1. The molecular formula is C10H16N4OS. The highest BCUT2D eigenvalue weighted by atomic mass is 32.1. The molecule has 1 heterocycles. The second-order valence-electron chi connectivity index (χ2n) is 4.30. The second kappa shape index (κ2) is 4.03. The maximum Gasteiger partial charge on any atom is 0.193 e. The van der Waals surface area contributed by atoms with E-state index in [0.29, 0.717) is 11.5 Å². The van der Waals surface area contributed by atoms with Gasteiger partial charge in [-0.05, 0) is 25.1 Å². The molecule has 6 heteroatoms. The molecule has 0 bridgehead atoms. The Morgan fingerprint density at radius 1 is 1.44 bits per heavy atom. The highest BCUT2D eigenvalue weighted by Crippen LogP contribution is 2.36. The van der Waals surface area contributed by atoms with Gasteiger partial charge in [-0.15, -0.1) is 0 Å². The quantitative estimate of drug-likeness (QED) is 0.629. The van der Waals surface area contributed by atoms with Gasteiger partial charge in [-0.1, -0.05) is 19.3 Å². The highest BCUT2D eigenvalue weighted by Gasteiger charge is 2.34. The third-order valence-corrected chi connectivity index (χ3v) is 3.28. The number of hydrogen-bond donors (Lipinski definition) is 3. The summed E-state index contributed by atoms with van der Waals surface area (Å²) in [4.78, 5) is 0. The molecule has 1 aliphatic rings. The summed E-state index contributed by atoms with van der Waals surface area (Å²) in [6, 6.07) is 1.66. The fraction of sp³-hybridized carbons (Fsp3) is 0.600. The van der Waals surface area contributed by atoms with Crippen molar-refractivity contribution in [2.75, 3.05) is 5.73 Å². The normalized spacial score (nSPS) is 19.6. The molecule has 88 valence electrons. The van der Waals surface area contributed by atoms with Gasteiger partial charge >= 0.3 is 0 Å². The fourth-order valence-corrected chi connectivity index (χ4v) is 2.34. The maximum absolute atomic E-state index is 10.4. The van der Waals surface area contributed by atoms with Crippen molar-refractivity contribution < 1.29 is 5.11 Å². The van der Waals surface area contributed by atoms with Crippen LogP contribution < -0.4 is 11.5 Å². The first-order valence-corrected chi connectivity index (χ1v) is 5.82. The molecule has 0 spiro atoms. The third-order valence-electron chi connectivity index (χ3n) is 3.10. The van der Waals surface area contributed by atoms with Crippen LogP contribution in [0, 0.1) is 0 Å². The molecule has 5 N–H and O–H groups in total. The Kier molecular flexibility index (Phi) is 2.86. The van der Waals surface area contributed by atoms with Gasteiger partial charge in [0.05, 0.1) is 5.69 Å². The Balaban J connectivity index is 2.33. The molecule has 0 aliphatic heterocycles. The molecule has 0 unspecified atom stereocenters. The zero-order chi connectivity index (χ0) is 11.8. The van der Waals surface area contributed by atoms with Gasteiger partial charge in [-0.2, -0.15) is 9.78 Å². The summed E-state index contributed by atoms with van der Waals surface area (Å²) in [6.07, 6.45) is 4.63. The van der Waals surface area contributed by atoms with Crippen molar-refractivity contribution in [2.45, 2.75) is 37.7 Å². The van der Waals surface area contributed by atoms with Crippen molar-refractivity contribution in [1.29, 1.82) is 0 Å². The molecule has 1 aliphatic carbocycles. The Labute approximate surface area is 99.4 Å². The lowest BCUT2D eigenvalue weighted by molar-refractivity contribution is -0.00485. The number of nitrogen functional groups attached to an aromatic ring is 1. The first kappa shape index (κ1) is 11.3. The SMILES string of the molecule is NC(=S)n1nc(C2(O)CCCCC2)cc1N. The molecule has 1 fully saturated rings. The van der Waals surface area contributed by atoms with E-state index in [9.17, 15) is 5.11 Å². The van der Waals surface area contributed by atoms with Crippen molar-refractivity contribution in [2.24, 2.45) is 5.73 Å². The topological polar surface area (TPSA) is 90.1 Å². The lowest BCUT2D eigenvalue weighted by Gasteiger charge is -2.30. The zero-order valence-electron chi connectivity index (χ0n) is 9.02. The van der Waals surface area contributed by atoms with Gasteiger partial charge in [-0.3, -0.25) is 0 Å². The summed E-state index contributed by atoms with van der Waals surface area (Å²) >= 11 is 4.82. The van der Waals surface area contributed by atoms with Crippen LogP contribution in [-0.4, -0.2) is 20.0 Å². The van der Waals surface area contributed by atoms with Crippen LogP contribution >= 0.6 is 12.2 Å². The van der Waals surface area contributed by atoms with E-state index in [0.717, 1.165) is 32.1 Å². The number of aliphatic hydroxyl groups is 1. The summed E-state index contributed by atoms with van der Waals surface area (Å²) in [5.41, 5.74) is 10.9. The van der Waals surface area contributed by atoms with Crippen LogP contribution in [0.25, 0.3) is 0 Å². The lowest BCUT2D eigenvalue weighted by Crippen LogP contribution is -2.30. The molecule has 0 aromatic carbocycles. The number of nitrogens with two attached hydrogens (primary N) is 2. The molecule has 2 rings (SSSR count). The summed E-state index contributed by atoms with van der Waals surface area (Å²) < 4.78 is 1.29. The predicted molar refractivity (Wildman–Crippen MR) is 65.8 cm³/mol. The van der Waals surface area contributed by atoms with Crippen LogP contribution in [0.1, 0.15) is 37.8 Å². The van der Waals surface area contributed by atoms with Crippen molar-refractivity contribution in [3.63, 3.8) is 0 Å². The van der Waals surface area contributed by atoms with Gasteiger partial charge in [0.1, 0.15) is 11.4 Å². The van der Waals surface area contributed by atoms with Crippen LogP contribution in [0.2, 0.25) is 0 Å². The molecule has 0 atom stereocenters. The van der Waals surface area contributed by atoms with E-state index in [2.05, 4.69) is 5.10 Å². The fourth-order valence-electron chi connectivity index (χ4n) is 2.19. The number of rotatable bonds is 1. The highest BCUT2D eigenvalue weighted by molar-refractivity contribution is 7.80. The van der Waals surface area contributed by atoms with E-state index < -0.39 is 5.60 Å². The standard InChI is InChI=1S/C10H16N4OS/c11-8-6-7(13-14(8)9(12)16)10(15)4-2-1-3-5-10/h6,15H,1-5,11H2,(H2,12,16). The molecular weight excluding hydrogens is 224 g/mol. The first-order chi connectivity index (χ1) is 7.53. The Morgan fingerprint density at radius 3 is 2.56 bits per heavy atom. The van der Waals surface area contributed by atoms with E-state index in [1.54, 1.807) is 6.07 Å². The van der Waals surface area contributed by atoms with Crippen LogP contribution in [0.5, 0.6) is 0 Å². The van der Waals surface area contributed by atoms with Gasteiger partial charge in [0.2, 0.25) is 0 Å². The number of nitrogens with zero attached hydrogens (tertiary/aromatic N) is 2. The number of hydrogen-bond acceptors (Lipinski definition) is 4. The Bertz CT molecular complexity index is 409. The largest absolute Gasteiger partial charge is 0.383 e. The monoisotopic (exact) mass is 240 g/mol. The van der Waals surface area contributed by atoms with Gasteiger partial charge in [0, 0.05) is 6.07 Å². The van der Waals surface area contributed by atoms with Gasteiger partial charge < -0.3 is 16.6 Å². The van der Waals surface area contributed by atoms with Gasteiger partial charge in [-0.25, -0.2) is 0 Å². The van der Waals surface area contributed by atoms with E-state index in [1.807, 2.05) is 0 Å². The van der Waals surface area contributed by atoms with Gasteiger partial charge in [0.25, 0.3) is 0 Å². The van der Waals surface area contributed by atoms with Crippen molar-refractivity contribution >= 4 is 23.1 Å². The average molecular weight is 240 g/mol. The summed E-state index contributed by atoms with van der Waals surface area (Å²) in [5, 5.41) is 14.7. The van der Waals surface area contributed by atoms with Crippen LogP contribution in [0.3, 0.4) is 0 Å². The van der Waals surface area contributed by atoms with Crippen LogP contribution in [0.15, 0.2) is 6.07 Å². The van der Waals surface area contributed by atoms with Crippen molar-refractivity contribution in [3.05, 3.63) is 11.8 Å². The van der Waals surface area contributed by atoms with Crippen LogP contribution in [-0.2, 0) is 5.60 Å². The molecule has 1 saturated carbocycles. The maximum atomic E-state index is 10.4. The summed E-state index contributed by atoms with van der Waals surface area (Å²) in [6.45, 7) is 0. The summed E-state index contributed by atoms with van der Waals surface area (Å²) in [7, 11) is 0. The summed E-state index contributed by atoms with van der Waals surface area (Å²) in [5.74, 6) is 0.376. The molecule has 16 heavy (non-hydrogen) atoms. The van der Waals surface area contributed by atoms with Crippen LogP contribution in [0.4, 0.5) is 5.82 Å². The zero-order valence-corrected chi connectivity index (χ0v) is 9.83. The van der Waals surface area contributed by atoms with E-state index in [1.165, 1.54) is 4.68 Å². The van der Waals surface area contributed by atoms with E-state index in [-0.39, 0.29) is 5.11 Å². The Hall–Kier alpha value is -1.14. The minimum absolute atomic E-state index is 0.100. The molecule has 0 amide bonds. The van der Waals surface area contributed by atoms with E-state index >= 15 is 0 Å². The Morgan fingerprint density at radius 2 is 2.06 bits per heavy atom. The van der Waals surface area contributed by atoms with Gasteiger partial charge in [0.15, 0.2) is 5.11 Å². The van der Waals surface area contributed by atoms with Crippen molar-refractivity contribution in [3.8, 4) is 0 Å². The molecule has 5 nitrogen and oxygen atoms in total. The lowest BCUT2D eigenvalue weighted by atomic mass is 9.82. The minimum atomic E-state index is -0.859. The molecule has 1 aromatic rings. The molecule has 0 radical (unpaired) electrons. The van der Waals surface area contributed by atoms with Crippen molar-refractivity contribution in [1.82, 2.24) is 9.78 Å². The average Bonchev–Trinajstić information content (AvgIpc) is 2.62. The smallest absolute Gasteiger partial charge is 0.193 e. The number of thiocarbonyl (C=S) groups is 1. The first-order valence-electron chi connectivity index (χ1n) is 5.41. The molecule has 1 aromatic heterocycles. The predicted octanol–water partition coefficient (Wildman–Crippen LogP) is 0.709. The number of aromatic nitrogens is 2. The second-order valence-corrected chi connectivity index (χ2v) is 4.72. The molecule has 0 saturated heterocycles. The third kappa shape index (κ3) is 1.90. The van der Waals surface area contributed by atoms with E-state index in [4.69, 9.17) is 23.7 Å².